The number of hydrogen-bond donors (Lipinski definition) is 1. The third-order valence-electron chi connectivity index (χ3n) is 3.27. The molecule has 18 heavy (non-hydrogen) atoms. The summed E-state index contributed by atoms with van der Waals surface area (Å²) in [5.74, 6) is 0.501. The van der Waals surface area contributed by atoms with Gasteiger partial charge in [0.2, 0.25) is 0 Å². The zero-order chi connectivity index (χ0) is 12.8. The van der Waals surface area contributed by atoms with E-state index >= 15 is 0 Å². The lowest BCUT2D eigenvalue weighted by atomic mass is 9.81. The second-order valence-corrected chi connectivity index (χ2v) is 4.44. The summed E-state index contributed by atoms with van der Waals surface area (Å²) in [6.07, 6.45) is 3.87. The summed E-state index contributed by atoms with van der Waals surface area (Å²) in [5.41, 5.74) is 1.92. The van der Waals surface area contributed by atoms with E-state index in [9.17, 15) is 0 Å². The van der Waals surface area contributed by atoms with Crippen LogP contribution in [0.1, 0.15) is 36.6 Å². The minimum absolute atomic E-state index is 0.0342. The van der Waals surface area contributed by atoms with Gasteiger partial charge in [-0.2, -0.15) is 5.26 Å². The van der Waals surface area contributed by atoms with Crippen LogP contribution >= 0.6 is 0 Å². The molecule has 1 aliphatic rings. The van der Waals surface area contributed by atoms with E-state index in [-0.39, 0.29) is 6.61 Å². The Labute approximate surface area is 106 Å². The highest BCUT2D eigenvalue weighted by atomic mass is 16.5. The largest absolute Gasteiger partial charge is 0.394 e. The molecule has 0 radical (unpaired) electrons. The van der Waals surface area contributed by atoms with Crippen molar-refractivity contribution in [1.29, 1.82) is 5.26 Å². The molecule has 0 amide bonds. The van der Waals surface area contributed by atoms with Crippen molar-refractivity contribution >= 4 is 0 Å². The fourth-order valence-corrected chi connectivity index (χ4v) is 2.17. The molecule has 1 aliphatic carbocycles. The quantitative estimate of drug-likeness (QED) is 0.717. The highest BCUT2D eigenvalue weighted by molar-refractivity contribution is 5.20. The number of aliphatic hydroxyl groups excluding tert-OH is 1. The molecule has 1 N–H and O–H groups in total. The lowest BCUT2D eigenvalue weighted by Gasteiger charge is -2.26. The Kier molecular flexibility index (Phi) is 4.67. The van der Waals surface area contributed by atoms with Crippen LogP contribution in [0.4, 0.5) is 0 Å². The molecule has 0 aromatic carbocycles. The van der Waals surface area contributed by atoms with Crippen molar-refractivity contribution in [3.8, 4) is 6.07 Å². The highest BCUT2D eigenvalue weighted by Gasteiger charge is 2.27. The minimum Gasteiger partial charge on any atom is -0.394 e. The zero-order valence-corrected chi connectivity index (χ0v) is 10.4. The van der Waals surface area contributed by atoms with Crippen LogP contribution in [0.3, 0.4) is 0 Å². The van der Waals surface area contributed by atoms with Crippen LogP contribution in [0.15, 0.2) is 0 Å². The maximum atomic E-state index is 8.79. The number of hydrogen-bond acceptors (Lipinski definition) is 5. The lowest BCUT2D eigenvalue weighted by molar-refractivity contribution is 0.0843. The first-order valence-electron chi connectivity index (χ1n) is 6.34. The van der Waals surface area contributed by atoms with Crippen molar-refractivity contribution in [2.45, 2.75) is 38.1 Å². The molecule has 1 fully saturated rings. The summed E-state index contributed by atoms with van der Waals surface area (Å²) in [7, 11) is 0. The van der Waals surface area contributed by atoms with Crippen LogP contribution in [-0.4, -0.2) is 39.9 Å². The van der Waals surface area contributed by atoms with E-state index in [0.717, 1.165) is 24.2 Å². The predicted molar refractivity (Wildman–Crippen MR) is 63.8 cm³/mol. The maximum absolute atomic E-state index is 8.79. The van der Waals surface area contributed by atoms with E-state index < -0.39 is 0 Å². The summed E-state index contributed by atoms with van der Waals surface area (Å²) in [6, 6.07) is 2.14. The van der Waals surface area contributed by atoms with E-state index in [1.807, 2.05) is 4.68 Å². The SMILES string of the molecule is N#CCc1nnn(CCOCCO)c1C1CCC1. The molecule has 98 valence electrons. The molecule has 0 saturated heterocycles. The fourth-order valence-electron chi connectivity index (χ4n) is 2.17. The Morgan fingerprint density at radius 1 is 1.44 bits per heavy atom. The zero-order valence-electron chi connectivity index (χ0n) is 10.4. The smallest absolute Gasteiger partial charge is 0.100 e. The standard InChI is InChI=1S/C12H18N4O2/c13-5-4-11-12(10-2-1-3-10)16(15-14-11)6-8-18-9-7-17/h10,17H,1-4,6-9H2. The van der Waals surface area contributed by atoms with Gasteiger partial charge < -0.3 is 9.84 Å². The van der Waals surface area contributed by atoms with Gasteiger partial charge in [-0.3, -0.25) is 0 Å². The molecule has 1 aromatic heterocycles. The van der Waals surface area contributed by atoms with E-state index in [2.05, 4.69) is 16.4 Å². The summed E-state index contributed by atoms with van der Waals surface area (Å²) in [6.45, 7) is 1.52. The van der Waals surface area contributed by atoms with E-state index in [1.54, 1.807) is 0 Å². The maximum Gasteiger partial charge on any atom is 0.100 e. The molecule has 0 atom stereocenters. The van der Waals surface area contributed by atoms with Gasteiger partial charge in [-0.15, -0.1) is 5.10 Å². The molecule has 0 aliphatic heterocycles. The van der Waals surface area contributed by atoms with E-state index in [1.165, 1.54) is 6.42 Å². The number of rotatable bonds is 7. The molecular weight excluding hydrogens is 232 g/mol. The van der Waals surface area contributed by atoms with Gasteiger partial charge in [-0.1, -0.05) is 11.6 Å². The van der Waals surface area contributed by atoms with Crippen molar-refractivity contribution < 1.29 is 9.84 Å². The molecule has 0 spiro atoms. The van der Waals surface area contributed by atoms with Crippen molar-refractivity contribution in [2.24, 2.45) is 0 Å². The summed E-state index contributed by atoms with van der Waals surface area (Å²) in [5, 5.41) is 25.6. The lowest BCUT2D eigenvalue weighted by Crippen LogP contribution is -2.19. The monoisotopic (exact) mass is 250 g/mol. The predicted octanol–water partition coefficient (Wildman–Crippen LogP) is 0.621. The second kappa shape index (κ2) is 6.47. The van der Waals surface area contributed by atoms with Crippen LogP contribution in [0.25, 0.3) is 0 Å². The number of aromatic nitrogens is 3. The molecule has 0 bridgehead atoms. The molecule has 1 aromatic rings. The van der Waals surface area contributed by atoms with Crippen LogP contribution in [0.2, 0.25) is 0 Å². The van der Waals surface area contributed by atoms with Gasteiger partial charge in [-0.05, 0) is 12.8 Å². The molecule has 1 heterocycles. The van der Waals surface area contributed by atoms with Gasteiger partial charge in [0.15, 0.2) is 0 Å². The molecular formula is C12H18N4O2. The Morgan fingerprint density at radius 3 is 2.89 bits per heavy atom. The van der Waals surface area contributed by atoms with E-state index in [4.69, 9.17) is 15.1 Å². The normalized spacial score (nSPS) is 15.3. The summed E-state index contributed by atoms with van der Waals surface area (Å²) < 4.78 is 7.09. The van der Waals surface area contributed by atoms with E-state index in [0.29, 0.717) is 32.1 Å². The molecule has 1 saturated carbocycles. The first kappa shape index (κ1) is 13.0. The Balaban J connectivity index is 2.02. The molecule has 6 nitrogen and oxygen atoms in total. The number of aliphatic hydroxyl groups is 1. The first-order chi connectivity index (χ1) is 8.86. The first-order valence-corrected chi connectivity index (χ1v) is 6.34. The number of nitriles is 1. The average molecular weight is 250 g/mol. The number of ether oxygens (including phenoxy) is 1. The van der Waals surface area contributed by atoms with Gasteiger partial charge in [0, 0.05) is 5.92 Å². The summed E-state index contributed by atoms with van der Waals surface area (Å²) in [4.78, 5) is 0. The average Bonchev–Trinajstić information content (AvgIpc) is 2.67. The van der Waals surface area contributed by atoms with Gasteiger partial charge in [0.05, 0.1) is 44.5 Å². The molecule has 2 rings (SSSR count). The Morgan fingerprint density at radius 2 is 2.28 bits per heavy atom. The number of nitrogens with zero attached hydrogens (tertiary/aromatic N) is 4. The Bertz CT molecular complexity index is 420. The third kappa shape index (κ3) is 2.86. The summed E-state index contributed by atoms with van der Waals surface area (Å²) >= 11 is 0. The van der Waals surface area contributed by atoms with Crippen molar-refractivity contribution in [1.82, 2.24) is 15.0 Å². The van der Waals surface area contributed by atoms with Crippen LogP contribution in [-0.2, 0) is 17.7 Å². The van der Waals surface area contributed by atoms with Gasteiger partial charge >= 0.3 is 0 Å². The van der Waals surface area contributed by atoms with Gasteiger partial charge in [-0.25, -0.2) is 4.68 Å². The molecule has 6 heteroatoms. The van der Waals surface area contributed by atoms with Gasteiger partial charge in [0.1, 0.15) is 5.69 Å². The Hall–Kier alpha value is -1.45. The fraction of sp³-hybridized carbons (Fsp3) is 0.750. The topological polar surface area (TPSA) is 84.0 Å². The van der Waals surface area contributed by atoms with Crippen LogP contribution in [0.5, 0.6) is 0 Å². The van der Waals surface area contributed by atoms with Crippen molar-refractivity contribution in [3.05, 3.63) is 11.4 Å². The van der Waals surface area contributed by atoms with Crippen LogP contribution in [0, 0.1) is 11.3 Å². The molecule has 0 unspecified atom stereocenters. The van der Waals surface area contributed by atoms with Gasteiger partial charge in [0.25, 0.3) is 0 Å². The van der Waals surface area contributed by atoms with Crippen molar-refractivity contribution in [3.63, 3.8) is 0 Å². The third-order valence-corrected chi connectivity index (χ3v) is 3.27. The highest BCUT2D eigenvalue weighted by Crippen LogP contribution is 2.37. The minimum atomic E-state index is 0.0342. The van der Waals surface area contributed by atoms with Crippen molar-refractivity contribution in [2.75, 3.05) is 19.8 Å². The second-order valence-electron chi connectivity index (χ2n) is 4.44. The van der Waals surface area contributed by atoms with Crippen LogP contribution < -0.4 is 0 Å².